The Kier molecular flexibility index (Phi) is 10.7. The van der Waals surface area contributed by atoms with Crippen LogP contribution in [0, 0.1) is 6.92 Å². The van der Waals surface area contributed by atoms with Gasteiger partial charge in [-0.1, -0.05) is 85.1 Å². The van der Waals surface area contributed by atoms with Crippen molar-refractivity contribution >= 4 is 35.2 Å². The lowest BCUT2D eigenvalue weighted by atomic mass is 10.0. The molecule has 0 unspecified atom stereocenters. The van der Waals surface area contributed by atoms with Gasteiger partial charge in [0.1, 0.15) is 6.04 Å². The average Bonchev–Trinajstić information content (AvgIpc) is 2.86. The monoisotopic (exact) mass is 508 g/mol. The molecule has 0 aliphatic rings. The molecule has 2 amide bonds. The largest absolute Gasteiger partial charge is 0.354 e. The molecule has 0 spiro atoms. The molecule has 4 nitrogen and oxygen atoms in total. The van der Waals surface area contributed by atoms with Gasteiger partial charge in [-0.3, -0.25) is 9.59 Å². The first-order chi connectivity index (χ1) is 17.0. The number of carbonyl (C=O) groups excluding carboxylic acids is 2. The zero-order valence-electron chi connectivity index (χ0n) is 20.4. The molecule has 35 heavy (non-hydrogen) atoms. The fraction of sp³-hybridized carbons (Fsp3) is 0.310. The third-order valence-electron chi connectivity index (χ3n) is 5.71. The molecular formula is C29H33ClN2O2S. The van der Waals surface area contributed by atoms with Crippen LogP contribution in [0.15, 0.2) is 83.8 Å². The number of nitrogens with one attached hydrogen (secondary N) is 1. The minimum atomic E-state index is -0.604. The summed E-state index contributed by atoms with van der Waals surface area (Å²) >= 11 is 7.46. The second-order valence-electron chi connectivity index (χ2n) is 8.60. The van der Waals surface area contributed by atoms with E-state index in [0.29, 0.717) is 24.5 Å². The van der Waals surface area contributed by atoms with Crippen LogP contribution in [0.25, 0.3) is 0 Å². The third kappa shape index (κ3) is 8.75. The van der Waals surface area contributed by atoms with Crippen molar-refractivity contribution < 1.29 is 9.59 Å². The summed E-state index contributed by atoms with van der Waals surface area (Å²) in [4.78, 5) is 29.8. The summed E-state index contributed by atoms with van der Waals surface area (Å²) in [7, 11) is 0. The number of aryl methyl sites for hydroxylation is 1. The van der Waals surface area contributed by atoms with E-state index in [1.807, 2.05) is 79.7 Å². The van der Waals surface area contributed by atoms with E-state index in [-0.39, 0.29) is 17.6 Å². The van der Waals surface area contributed by atoms with Gasteiger partial charge >= 0.3 is 0 Å². The number of amides is 2. The molecule has 3 aromatic carbocycles. The summed E-state index contributed by atoms with van der Waals surface area (Å²) in [6, 6.07) is 24.8. The molecule has 1 N–H and O–H groups in total. The van der Waals surface area contributed by atoms with Crippen molar-refractivity contribution in [1.29, 1.82) is 0 Å². The predicted molar refractivity (Wildman–Crippen MR) is 146 cm³/mol. The van der Waals surface area contributed by atoms with E-state index in [4.69, 9.17) is 11.6 Å². The number of benzene rings is 3. The van der Waals surface area contributed by atoms with E-state index in [1.54, 1.807) is 4.90 Å². The highest BCUT2D eigenvalue weighted by Gasteiger charge is 2.30. The summed E-state index contributed by atoms with van der Waals surface area (Å²) < 4.78 is 0. The van der Waals surface area contributed by atoms with Gasteiger partial charge in [-0.15, -0.1) is 11.8 Å². The highest BCUT2D eigenvalue weighted by Crippen LogP contribution is 2.23. The molecule has 3 aromatic rings. The number of thioether (sulfide) groups is 1. The van der Waals surface area contributed by atoms with Crippen molar-refractivity contribution in [3.63, 3.8) is 0 Å². The lowest BCUT2D eigenvalue weighted by Gasteiger charge is -2.31. The molecule has 0 bridgehead atoms. The van der Waals surface area contributed by atoms with Gasteiger partial charge in [-0.05, 0) is 48.7 Å². The molecule has 0 saturated heterocycles. The van der Waals surface area contributed by atoms with E-state index in [1.165, 1.54) is 11.8 Å². The molecule has 0 aliphatic heterocycles. The topological polar surface area (TPSA) is 49.4 Å². The zero-order valence-corrected chi connectivity index (χ0v) is 21.9. The first-order valence-electron chi connectivity index (χ1n) is 12.0. The summed E-state index contributed by atoms with van der Waals surface area (Å²) in [5, 5.41) is 3.72. The predicted octanol–water partition coefficient (Wildman–Crippen LogP) is 6.30. The second-order valence-corrected chi connectivity index (χ2v) is 10.1. The van der Waals surface area contributed by atoms with Gasteiger partial charge in [-0.25, -0.2) is 0 Å². The number of nitrogens with zero attached hydrogens (tertiary/aromatic N) is 1. The molecule has 3 rings (SSSR count). The maximum atomic E-state index is 13.6. The standard InChI is InChI=1S/C29H33ClN2O2S/c1-3-4-17-31-29(34)27(19-23-10-6-5-7-11-23)32(20-24-12-8-9-22(2)18-24)28(33)21-35-26-15-13-25(30)14-16-26/h5-16,18,27H,3-4,17,19-21H2,1-2H3,(H,31,34)/t27-/m0/s1. The molecule has 0 fully saturated rings. The van der Waals surface area contributed by atoms with E-state index in [0.717, 1.165) is 34.4 Å². The Morgan fingerprint density at radius 1 is 0.971 bits per heavy atom. The summed E-state index contributed by atoms with van der Waals surface area (Å²) in [5.41, 5.74) is 3.15. The SMILES string of the molecule is CCCCNC(=O)[C@H](Cc1ccccc1)N(Cc1cccc(C)c1)C(=O)CSc1ccc(Cl)cc1. The van der Waals surface area contributed by atoms with Crippen molar-refractivity contribution in [1.82, 2.24) is 10.2 Å². The van der Waals surface area contributed by atoms with E-state index >= 15 is 0 Å². The Bertz CT molecular complexity index is 1090. The van der Waals surface area contributed by atoms with Crippen LogP contribution in [0.1, 0.15) is 36.5 Å². The third-order valence-corrected chi connectivity index (χ3v) is 6.96. The van der Waals surface area contributed by atoms with E-state index in [2.05, 4.69) is 18.3 Å². The molecule has 1 atom stereocenters. The molecule has 0 aliphatic carbocycles. The number of halogens is 1. The van der Waals surface area contributed by atoms with Gasteiger partial charge in [0.05, 0.1) is 5.75 Å². The zero-order chi connectivity index (χ0) is 25.0. The fourth-order valence-electron chi connectivity index (χ4n) is 3.83. The number of carbonyl (C=O) groups is 2. The Morgan fingerprint density at radius 3 is 2.37 bits per heavy atom. The van der Waals surface area contributed by atoms with Gasteiger partial charge in [0.15, 0.2) is 0 Å². The molecular weight excluding hydrogens is 476 g/mol. The van der Waals surface area contributed by atoms with Crippen molar-refractivity contribution in [3.05, 3.63) is 101 Å². The summed E-state index contributed by atoms with van der Waals surface area (Å²) in [6.45, 7) is 5.10. The quantitative estimate of drug-likeness (QED) is 0.231. The van der Waals surface area contributed by atoms with Gasteiger partial charge < -0.3 is 10.2 Å². The van der Waals surface area contributed by atoms with E-state index in [9.17, 15) is 9.59 Å². The van der Waals surface area contributed by atoms with Crippen molar-refractivity contribution in [2.75, 3.05) is 12.3 Å². The highest BCUT2D eigenvalue weighted by molar-refractivity contribution is 8.00. The number of rotatable bonds is 12. The van der Waals surface area contributed by atoms with Gasteiger partial charge in [-0.2, -0.15) is 0 Å². The van der Waals surface area contributed by atoms with Crippen LogP contribution >= 0.6 is 23.4 Å². The number of hydrogen-bond acceptors (Lipinski definition) is 3. The average molecular weight is 509 g/mol. The Balaban J connectivity index is 1.87. The molecule has 0 heterocycles. The van der Waals surface area contributed by atoms with Crippen molar-refractivity contribution in [3.8, 4) is 0 Å². The normalized spacial score (nSPS) is 11.6. The van der Waals surface area contributed by atoms with Crippen LogP contribution in [0.5, 0.6) is 0 Å². The number of hydrogen-bond donors (Lipinski definition) is 1. The van der Waals surface area contributed by atoms with E-state index < -0.39 is 6.04 Å². The van der Waals surface area contributed by atoms with Gasteiger partial charge in [0.25, 0.3) is 0 Å². The van der Waals surface area contributed by atoms with Crippen LogP contribution in [0.2, 0.25) is 5.02 Å². The highest BCUT2D eigenvalue weighted by atomic mass is 35.5. The lowest BCUT2D eigenvalue weighted by molar-refractivity contribution is -0.139. The van der Waals surface area contributed by atoms with Gasteiger partial charge in [0.2, 0.25) is 11.8 Å². The fourth-order valence-corrected chi connectivity index (χ4v) is 4.74. The molecule has 6 heteroatoms. The van der Waals surface area contributed by atoms with Crippen LogP contribution in [-0.2, 0) is 22.6 Å². The summed E-state index contributed by atoms with van der Waals surface area (Å²) in [5.74, 6) is 0.0545. The number of unbranched alkanes of at least 4 members (excludes halogenated alkanes) is 1. The second kappa shape index (κ2) is 14.0. The maximum Gasteiger partial charge on any atom is 0.243 e. The maximum absolute atomic E-state index is 13.6. The van der Waals surface area contributed by atoms with Crippen molar-refractivity contribution in [2.45, 2.75) is 50.6 Å². The van der Waals surface area contributed by atoms with Crippen LogP contribution in [-0.4, -0.2) is 35.1 Å². The Labute approximate surface area is 218 Å². The molecule has 0 saturated carbocycles. The van der Waals surface area contributed by atoms with Crippen LogP contribution in [0.4, 0.5) is 0 Å². The smallest absolute Gasteiger partial charge is 0.243 e. The first-order valence-corrected chi connectivity index (χ1v) is 13.4. The Morgan fingerprint density at radius 2 is 1.69 bits per heavy atom. The lowest BCUT2D eigenvalue weighted by Crippen LogP contribution is -2.51. The van der Waals surface area contributed by atoms with Crippen molar-refractivity contribution in [2.24, 2.45) is 0 Å². The summed E-state index contributed by atoms with van der Waals surface area (Å²) in [6.07, 6.45) is 2.36. The molecule has 0 aromatic heterocycles. The van der Waals surface area contributed by atoms with Crippen LogP contribution < -0.4 is 5.32 Å². The van der Waals surface area contributed by atoms with Crippen LogP contribution in [0.3, 0.4) is 0 Å². The molecule has 0 radical (unpaired) electrons. The Hall–Kier alpha value is -2.76. The molecule has 184 valence electrons. The minimum absolute atomic E-state index is 0.0713. The first kappa shape index (κ1) is 26.8. The van der Waals surface area contributed by atoms with Gasteiger partial charge in [0, 0.05) is 29.4 Å². The minimum Gasteiger partial charge on any atom is -0.354 e.